The number of hydrogen-bond acceptors (Lipinski definition) is 12. The first-order valence-electron chi connectivity index (χ1n) is 4.71. The highest BCUT2D eigenvalue weighted by molar-refractivity contribution is 7.89. The minimum Gasteiger partial charge on any atom is -0.726 e. The van der Waals surface area contributed by atoms with Crippen LogP contribution >= 0.6 is 12.3 Å². The fraction of sp³-hybridized carbons (Fsp3) is 0.833. The van der Waals surface area contributed by atoms with E-state index >= 15 is 0 Å². The van der Waals surface area contributed by atoms with E-state index in [0.717, 1.165) is 0 Å². The molecule has 20 heavy (non-hydrogen) atoms. The third-order valence-corrected chi connectivity index (χ3v) is 3.04. The second-order valence-electron chi connectivity index (χ2n) is 3.39. The fourth-order valence-electron chi connectivity index (χ4n) is 1.41. The maximum absolute atomic E-state index is 10.9. The lowest BCUT2D eigenvalue weighted by atomic mass is 10.0. The van der Waals surface area contributed by atoms with Crippen LogP contribution in [0.5, 0.6) is 0 Å². The smallest absolute Gasteiger partial charge is 0.335 e. The maximum Gasteiger partial charge on any atom is 0.335 e. The van der Waals surface area contributed by atoms with Crippen LogP contribution in [0, 0.1) is 0 Å². The van der Waals surface area contributed by atoms with E-state index in [1.54, 1.807) is 0 Å². The second kappa shape index (κ2) is 7.46. The van der Waals surface area contributed by atoms with Gasteiger partial charge in [-0.25, -0.2) is 13.2 Å². The van der Waals surface area contributed by atoms with Crippen LogP contribution in [-0.2, 0) is 37.7 Å². The summed E-state index contributed by atoms with van der Waals surface area (Å²) in [5.74, 6) is -1.54. The quantitative estimate of drug-likeness (QED) is 0.119. The molecule has 118 valence electrons. The highest BCUT2D eigenvalue weighted by atomic mass is 32.3. The third-order valence-electron chi connectivity index (χ3n) is 2.15. The summed E-state index contributed by atoms with van der Waals surface area (Å²) in [6.45, 7) is -0.678. The van der Waals surface area contributed by atoms with Gasteiger partial charge in [0.2, 0.25) is 10.4 Å². The van der Waals surface area contributed by atoms with Gasteiger partial charge in [0.25, 0.3) is 0 Å². The van der Waals surface area contributed by atoms with Gasteiger partial charge in [-0.1, -0.05) is 0 Å². The molecule has 0 saturated carbocycles. The zero-order valence-corrected chi connectivity index (χ0v) is 10.9. The van der Waals surface area contributed by atoms with Crippen molar-refractivity contribution in [2.45, 2.75) is 24.4 Å². The summed E-state index contributed by atoms with van der Waals surface area (Å²) in [5.41, 5.74) is 0. The summed E-state index contributed by atoms with van der Waals surface area (Å²) in [6, 6.07) is 0. The summed E-state index contributed by atoms with van der Waals surface area (Å²) in [7, 11) is -5.15. The van der Waals surface area contributed by atoms with Crippen molar-refractivity contribution in [2.75, 3.05) is 6.61 Å². The van der Waals surface area contributed by atoms with Crippen LogP contribution in [0.1, 0.15) is 0 Å². The van der Waals surface area contributed by atoms with Gasteiger partial charge in [-0.15, -0.1) is 4.33 Å². The zero-order chi connectivity index (χ0) is 15.3. The summed E-state index contributed by atoms with van der Waals surface area (Å²) >= 11 is -0.116. The number of hydrogen-bond donors (Lipinski definition) is 2. The third kappa shape index (κ3) is 5.09. The molecule has 1 heterocycles. The molecule has 1 fully saturated rings. The van der Waals surface area contributed by atoms with Crippen molar-refractivity contribution in [3.05, 3.63) is 0 Å². The van der Waals surface area contributed by atoms with Crippen LogP contribution in [0.3, 0.4) is 0 Å². The van der Waals surface area contributed by atoms with Gasteiger partial charge in [0, 0.05) is 0 Å². The summed E-state index contributed by atoms with van der Waals surface area (Å²) in [6.07, 6.45) is -6.92. The molecule has 0 spiro atoms. The van der Waals surface area contributed by atoms with Crippen molar-refractivity contribution < 1.29 is 55.7 Å². The van der Waals surface area contributed by atoms with Gasteiger partial charge in [-0.2, -0.15) is 0 Å². The van der Waals surface area contributed by atoms with Crippen LogP contribution in [0.2, 0.25) is 0 Å². The number of carbonyl (C=O) groups is 1. The lowest BCUT2D eigenvalue weighted by Gasteiger charge is -2.36. The first-order chi connectivity index (χ1) is 9.26. The Balaban J connectivity index is 2.77. The molecule has 0 amide bonds. The molecule has 1 saturated heterocycles. The number of aliphatic hydroxyl groups excluding tert-OH is 1. The van der Waals surface area contributed by atoms with Gasteiger partial charge in [-0.3, -0.25) is 13.4 Å². The summed E-state index contributed by atoms with van der Waals surface area (Å²) < 4.78 is 48.3. The average Bonchev–Trinajstić information content (AvgIpc) is 2.32. The van der Waals surface area contributed by atoms with E-state index in [4.69, 9.17) is 9.84 Å². The predicted octanol–water partition coefficient (Wildman–Crippen LogP) is -3.15. The Bertz CT molecular complexity index is 422. The van der Waals surface area contributed by atoms with Crippen LogP contribution in [0.4, 0.5) is 0 Å². The van der Waals surface area contributed by atoms with E-state index in [2.05, 4.69) is 17.7 Å². The SMILES string of the molecule is O=C(O)C1OCC(OS(=O)(=O)[O-])[C@H](O)[C@H]1OSOO[O-]. The number of rotatable bonds is 7. The first kappa shape index (κ1) is 17.5. The molecule has 1 rings (SSSR count). The van der Waals surface area contributed by atoms with Crippen molar-refractivity contribution in [3.8, 4) is 0 Å². The van der Waals surface area contributed by atoms with E-state index < -0.39 is 47.4 Å². The number of ether oxygens (including phenoxy) is 1. The monoisotopic (exact) mass is 336 g/mol. The topological polar surface area (TPSA) is 184 Å². The highest BCUT2D eigenvalue weighted by Crippen LogP contribution is 2.25. The van der Waals surface area contributed by atoms with Gasteiger partial charge < -0.3 is 24.8 Å². The predicted molar refractivity (Wildman–Crippen MR) is 52.6 cm³/mol. The van der Waals surface area contributed by atoms with E-state index in [0.29, 0.717) is 0 Å². The van der Waals surface area contributed by atoms with Crippen molar-refractivity contribution in [1.29, 1.82) is 0 Å². The normalized spacial score (nSPS) is 31.1. The molecule has 0 aliphatic carbocycles. The Labute approximate surface area is 116 Å². The second-order valence-corrected chi connectivity index (χ2v) is 4.86. The number of aliphatic carboxylic acids is 1. The van der Waals surface area contributed by atoms with Gasteiger partial charge in [0.1, 0.15) is 18.3 Å². The number of aliphatic hydroxyl groups is 1. The van der Waals surface area contributed by atoms with Crippen molar-refractivity contribution in [2.24, 2.45) is 0 Å². The van der Waals surface area contributed by atoms with E-state index in [1.807, 2.05) is 0 Å². The lowest BCUT2D eigenvalue weighted by molar-refractivity contribution is -0.777. The molecular formula is C6H8O12S2-2. The molecule has 1 aliphatic rings. The van der Waals surface area contributed by atoms with Gasteiger partial charge in [-0.05, 0) is 0 Å². The van der Waals surface area contributed by atoms with E-state index in [-0.39, 0.29) is 12.3 Å². The molecule has 0 aromatic rings. The molecule has 12 nitrogen and oxygen atoms in total. The zero-order valence-electron chi connectivity index (χ0n) is 9.31. The molecule has 0 bridgehead atoms. The fourth-order valence-corrected chi connectivity index (χ4v) is 2.24. The van der Waals surface area contributed by atoms with E-state index in [1.165, 1.54) is 0 Å². The summed E-state index contributed by atoms with van der Waals surface area (Å²) in [4.78, 5) is 10.9. The standard InChI is InChI=1S/C6H10O12S2/c7-3-2(16-20(11,12)13)1-14-5(6(8)9)4(3)15-19-18-17-10/h2-5,7,10H,1H2,(H,8,9)(H,11,12,13)/p-2/t2?,3-,4+,5?/m0/s1. The molecule has 2 unspecified atom stereocenters. The maximum atomic E-state index is 10.9. The Kier molecular flexibility index (Phi) is 6.52. The van der Waals surface area contributed by atoms with Crippen LogP contribution < -0.4 is 5.26 Å². The lowest BCUT2D eigenvalue weighted by Crippen LogP contribution is -2.57. The van der Waals surface area contributed by atoms with Gasteiger partial charge in [0.05, 0.1) is 6.61 Å². The summed E-state index contributed by atoms with van der Waals surface area (Å²) in [5, 5.41) is 31.0. The average molecular weight is 336 g/mol. The Morgan fingerprint density at radius 2 is 2.10 bits per heavy atom. The minimum atomic E-state index is -5.15. The van der Waals surface area contributed by atoms with Gasteiger partial charge in [0.15, 0.2) is 18.4 Å². The van der Waals surface area contributed by atoms with Gasteiger partial charge >= 0.3 is 5.97 Å². The molecular weight excluding hydrogens is 328 g/mol. The largest absolute Gasteiger partial charge is 0.726 e. The minimum absolute atomic E-state index is 0.116. The van der Waals surface area contributed by atoms with Crippen molar-refractivity contribution >= 4 is 28.7 Å². The molecule has 14 heteroatoms. The Morgan fingerprint density at radius 3 is 2.60 bits per heavy atom. The van der Waals surface area contributed by atoms with Crippen molar-refractivity contribution in [1.82, 2.24) is 0 Å². The molecule has 0 radical (unpaired) electrons. The van der Waals surface area contributed by atoms with Crippen molar-refractivity contribution in [3.63, 3.8) is 0 Å². The van der Waals surface area contributed by atoms with Crippen LogP contribution in [0.25, 0.3) is 0 Å². The Hall–Kier alpha value is -0.550. The number of carboxylic acid groups (broad SMARTS) is 1. The van der Waals surface area contributed by atoms with Crippen LogP contribution in [0.15, 0.2) is 0 Å². The molecule has 0 aromatic heterocycles. The van der Waals surface area contributed by atoms with E-state index in [9.17, 15) is 28.1 Å². The molecule has 1 aliphatic heterocycles. The molecule has 2 N–H and O–H groups in total. The number of carboxylic acids is 1. The molecule has 0 aromatic carbocycles. The van der Waals surface area contributed by atoms with Crippen LogP contribution in [-0.4, -0.2) is 60.2 Å². The highest BCUT2D eigenvalue weighted by Gasteiger charge is 2.46. The first-order valence-corrected chi connectivity index (χ1v) is 6.71. The molecule has 4 atom stereocenters. The Morgan fingerprint density at radius 1 is 1.45 bits per heavy atom.